The lowest BCUT2D eigenvalue weighted by Gasteiger charge is -2.18. The number of pyridine rings is 1. The molecule has 0 fully saturated rings. The molecular formula is C18H21ClN4O2. The molecule has 0 aliphatic rings. The molecule has 2 aromatic rings. The molecule has 0 bridgehead atoms. The Morgan fingerprint density at radius 3 is 2.36 bits per heavy atom. The van der Waals surface area contributed by atoms with Crippen molar-refractivity contribution < 1.29 is 9.59 Å². The maximum absolute atomic E-state index is 12.3. The molecule has 0 radical (unpaired) electrons. The fraction of sp³-hybridized carbons (Fsp3) is 0.278. The van der Waals surface area contributed by atoms with Gasteiger partial charge in [-0.25, -0.2) is 4.98 Å². The second kappa shape index (κ2) is 8.48. The maximum Gasteiger partial charge on any atom is 0.226 e. The number of nitrogens with one attached hydrogen (secondary N) is 2. The van der Waals surface area contributed by atoms with Crippen LogP contribution >= 0.6 is 11.6 Å². The molecule has 6 nitrogen and oxygen atoms in total. The number of hydrogen-bond donors (Lipinski definition) is 2. The maximum atomic E-state index is 12.3. The number of rotatable bonds is 6. The van der Waals surface area contributed by atoms with Crippen molar-refractivity contribution in [3.05, 3.63) is 53.2 Å². The van der Waals surface area contributed by atoms with Gasteiger partial charge in [0, 0.05) is 26.0 Å². The van der Waals surface area contributed by atoms with Gasteiger partial charge in [-0.15, -0.1) is 0 Å². The number of carbonyl (C=O) groups excluding carboxylic acids is 2. The van der Waals surface area contributed by atoms with Gasteiger partial charge in [0.15, 0.2) is 0 Å². The Morgan fingerprint density at radius 1 is 1.16 bits per heavy atom. The number of anilines is 2. The van der Waals surface area contributed by atoms with Crippen LogP contribution in [0.1, 0.15) is 24.9 Å². The van der Waals surface area contributed by atoms with Crippen LogP contribution in [0, 0.1) is 0 Å². The van der Waals surface area contributed by atoms with Gasteiger partial charge in [-0.3, -0.25) is 9.59 Å². The van der Waals surface area contributed by atoms with Crippen molar-refractivity contribution in [2.24, 2.45) is 0 Å². The van der Waals surface area contributed by atoms with Crippen LogP contribution in [-0.4, -0.2) is 30.9 Å². The lowest BCUT2D eigenvalue weighted by Crippen LogP contribution is -2.29. The summed E-state index contributed by atoms with van der Waals surface area (Å²) in [5.41, 5.74) is 1.42. The number of halogens is 1. The summed E-state index contributed by atoms with van der Waals surface area (Å²) in [6.07, 6.45) is 1.71. The first-order chi connectivity index (χ1) is 11.8. The second-order valence-corrected chi connectivity index (χ2v) is 6.29. The molecule has 1 aromatic heterocycles. The van der Waals surface area contributed by atoms with Crippen molar-refractivity contribution in [2.75, 3.05) is 24.3 Å². The van der Waals surface area contributed by atoms with Crippen LogP contribution in [0.25, 0.3) is 0 Å². The largest absolute Gasteiger partial charge is 0.363 e. The van der Waals surface area contributed by atoms with Gasteiger partial charge in [0.25, 0.3) is 0 Å². The van der Waals surface area contributed by atoms with Gasteiger partial charge < -0.3 is 15.5 Å². The topological polar surface area (TPSA) is 74.3 Å². The van der Waals surface area contributed by atoms with Crippen LogP contribution in [0.3, 0.4) is 0 Å². The van der Waals surface area contributed by atoms with Gasteiger partial charge in [0.05, 0.1) is 24.3 Å². The number of carbonyl (C=O) groups is 2. The third-order valence-electron chi connectivity index (χ3n) is 3.53. The Bertz CT molecular complexity index is 730. The Balaban J connectivity index is 2.05. The summed E-state index contributed by atoms with van der Waals surface area (Å²) < 4.78 is 0. The first kappa shape index (κ1) is 18.7. The lowest BCUT2D eigenvalue weighted by molar-refractivity contribution is -0.120. The van der Waals surface area contributed by atoms with E-state index in [1.165, 1.54) is 6.92 Å². The summed E-state index contributed by atoms with van der Waals surface area (Å²) >= 11 is 5.89. The number of aromatic nitrogens is 1. The van der Waals surface area contributed by atoms with Crippen LogP contribution in [0.2, 0.25) is 5.02 Å². The van der Waals surface area contributed by atoms with E-state index in [-0.39, 0.29) is 18.2 Å². The molecule has 7 heteroatoms. The molecular weight excluding hydrogens is 340 g/mol. The van der Waals surface area contributed by atoms with E-state index in [4.69, 9.17) is 11.6 Å². The van der Waals surface area contributed by atoms with Crippen LogP contribution in [0.4, 0.5) is 11.5 Å². The molecule has 0 aliphatic carbocycles. The Kier molecular flexibility index (Phi) is 6.36. The van der Waals surface area contributed by atoms with Crippen molar-refractivity contribution in [1.29, 1.82) is 0 Å². The van der Waals surface area contributed by atoms with Crippen molar-refractivity contribution in [2.45, 2.75) is 19.4 Å². The van der Waals surface area contributed by atoms with Crippen molar-refractivity contribution in [3.63, 3.8) is 0 Å². The first-order valence-corrected chi connectivity index (χ1v) is 8.18. The molecule has 2 rings (SSSR count). The van der Waals surface area contributed by atoms with E-state index in [1.807, 2.05) is 25.1 Å². The van der Waals surface area contributed by atoms with Crippen LogP contribution in [-0.2, 0) is 9.59 Å². The van der Waals surface area contributed by atoms with E-state index in [2.05, 4.69) is 15.6 Å². The molecule has 132 valence electrons. The molecule has 2 N–H and O–H groups in total. The predicted octanol–water partition coefficient (Wildman–Crippen LogP) is 3.01. The Hall–Kier alpha value is -2.60. The van der Waals surface area contributed by atoms with Crippen molar-refractivity contribution in [3.8, 4) is 0 Å². The van der Waals surface area contributed by atoms with Gasteiger partial charge in [0.1, 0.15) is 5.82 Å². The molecule has 1 atom stereocenters. The standard InChI is InChI=1S/C18H21ClN4O2/c1-12(24)21-16(13-4-6-14(19)7-5-13)10-18(25)22-15-8-9-17(20-11-15)23(2)3/h4-9,11,16H,10H2,1-3H3,(H,21,24)(H,22,25). The highest BCUT2D eigenvalue weighted by molar-refractivity contribution is 6.30. The fourth-order valence-electron chi connectivity index (χ4n) is 2.31. The second-order valence-electron chi connectivity index (χ2n) is 5.86. The predicted molar refractivity (Wildman–Crippen MR) is 99.8 cm³/mol. The summed E-state index contributed by atoms with van der Waals surface area (Å²) in [5, 5.41) is 6.19. The van der Waals surface area contributed by atoms with Crippen LogP contribution in [0.5, 0.6) is 0 Å². The fourth-order valence-corrected chi connectivity index (χ4v) is 2.44. The lowest BCUT2D eigenvalue weighted by atomic mass is 10.0. The number of nitrogens with zero attached hydrogens (tertiary/aromatic N) is 2. The molecule has 1 heterocycles. The van der Waals surface area contributed by atoms with E-state index in [0.29, 0.717) is 10.7 Å². The van der Waals surface area contributed by atoms with Gasteiger partial charge in [0.2, 0.25) is 11.8 Å². The van der Waals surface area contributed by atoms with Gasteiger partial charge in [-0.2, -0.15) is 0 Å². The third kappa shape index (κ3) is 5.76. The summed E-state index contributed by atoms with van der Waals surface area (Å²) in [6.45, 7) is 1.42. The Morgan fingerprint density at radius 2 is 1.84 bits per heavy atom. The monoisotopic (exact) mass is 360 g/mol. The molecule has 0 saturated carbocycles. The number of benzene rings is 1. The van der Waals surface area contributed by atoms with E-state index < -0.39 is 6.04 Å². The van der Waals surface area contributed by atoms with Crippen LogP contribution < -0.4 is 15.5 Å². The van der Waals surface area contributed by atoms with E-state index in [0.717, 1.165) is 11.4 Å². The van der Waals surface area contributed by atoms with E-state index >= 15 is 0 Å². The first-order valence-electron chi connectivity index (χ1n) is 7.81. The zero-order valence-corrected chi connectivity index (χ0v) is 15.2. The zero-order valence-electron chi connectivity index (χ0n) is 14.4. The summed E-state index contributed by atoms with van der Waals surface area (Å²) in [5.74, 6) is 0.383. The minimum absolute atomic E-state index is 0.108. The minimum Gasteiger partial charge on any atom is -0.363 e. The van der Waals surface area contributed by atoms with Crippen LogP contribution in [0.15, 0.2) is 42.6 Å². The quantitative estimate of drug-likeness (QED) is 0.830. The SMILES string of the molecule is CC(=O)NC(CC(=O)Nc1ccc(N(C)C)nc1)c1ccc(Cl)cc1. The summed E-state index contributed by atoms with van der Waals surface area (Å²) in [7, 11) is 3.79. The minimum atomic E-state index is -0.427. The molecule has 0 aliphatic heterocycles. The highest BCUT2D eigenvalue weighted by Crippen LogP contribution is 2.20. The highest BCUT2D eigenvalue weighted by atomic mass is 35.5. The number of hydrogen-bond acceptors (Lipinski definition) is 4. The molecule has 0 spiro atoms. The summed E-state index contributed by atoms with van der Waals surface area (Å²) in [4.78, 5) is 29.9. The number of amides is 2. The van der Waals surface area contributed by atoms with Gasteiger partial charge >= 0.3 is 0 Å². The molecule has 0 saturated heterocycles. The van der Waals surface area contributed by atoms with Gasteiger partial charge in [-0.05, 0) is 29.8 Å². The van der Waals surface area contributed by atoms with E-state index in [9.17, 15) is 9.59 Å². The molecule has 25 heavy (non-hydrogen) atoms. The Labute approximate surface area is 152 Å². The third-order valence-corrected chi connectivity index (χ3v) is 3.78. The van der Waals surface area contributed by atoms with Crippen molar-refractivity contribution >= 4 is 34.9 Å². The average Bonchev–Trinajstić information content (AvgIpc) is 2.55. The van der Waals surface area contributed by atoms with Crippen molar-refractivity contribution in [1.82, 2.24) is 10.3 Å². The normalized spacial score (nSPS) is 11.5. The molecule has 1 aromatic carbocycles. The summed E-state index contributed by atoms with van der Waals surface area (Å²) in [6, 6.07) is 10.2. The molecule has 2 amide bonds. The smallest absolute Gasteiger partial charge is 0.226 e. The van der Waals surface area contributed by atoms with Gasteiger partial charge in [-0.1, -0.05) is 23.7 Å². The average molecular weight is 361 g/mol. The van der Waals surface area contributed by atoms with E-state index in [1.54, 1.807) is 36.5 Å². The zero-order chi connectivity index (χ0) is 18.4. The highest BCUT2D eigenvalue weighted by Gasteiger charge is 2.17. The molecule has 1 unspecified atom stereocenters.